The standard InChI is InChI=1S/C16H12ClF3N2O2/c1-24-14-5-3-10(17)7-13(14)22-12-4-2-9(16(18,19)20)6-11(12)21-8-15(22)23/h2-7,21H,8H2,1H3. The van der Waals surface area contributed by atoms with Gasteiger partial charge in [-0.05, 0) is 36.4 Å². The molecule has 0 radical (unpaired) electrons. The van der Waals surface area contributed by atoms with E-state index in [4.69, 9.17) is 16.3 Å². The Morgan fingerprint density at radius 1 is 1.17 bits per heavy atom. The van der Waals surface area contributed by atoms with Crippen LogP contribution >= 0.6 is 11.6 Å². The Labute approximate surface area is 140 Å². The van der Waals surface area contributed by atoms with Crippen molar-refractivity contribution in [2.75, 3.05) is 23.9 Å². The van der Waals surface area contributed by atoms with Crippen LogP contribution in [0.1, 0.15) is 5.56 Å². The Morgan fingerprint density at radius 2 is 1.92 bits per heavy atom. The van der Waals surface area contributed by atoms with E-state index < -0.39 is 11.7 Å². The molecule has 8 heteroatoms. The number of nitrogens with zero attached hydrogens (tertiary/aromatic N) is 1. The van der Waals surface area contributed by atoms with E-state index in [-0.39, 0.29) is 18.1 Å². The third kappa shape index (κ3) is 2.87. The Balaban J connectivity index is 2.15. The predicted molar refractivity (Wildman–Crippen MR) is 85.1 cm³/mol. The minimum atomic E-state index is -4.46. The van der Waals surface area contributed by atoms with E-state index in [1.54, 1.807) is 12.1 Å². The van der Waals surface area contributed by atoms with Gasteiger partial charge in [0.05, 0.1) is 36.3 Å². The lowest BCUT2D eigenvalue weighted by Gasteiger charge is -2.31. The maximum atomic E-state index is 12.9. The molecule has 0 saturated carbocycles. The second-order valence-electron chi connectivity index (χ2n) is 5.13. The van der Waals surface area contributed by atoms with Gasteiger partial charge in [0.15, 0.2) is 0 Å². The maximum absolute atomic E-state index is 12.9. The molecule has 4 nitrogen and oxygen atoms in total. The van der Waals surface area contributed by atoms with Crippen molar-refractivity contribution in [1.82, 2.24) is 0 Å². The molecule has 0 atom stereocenters. The summed E-state index contributed by atoms with van der Waals surface area (Å²) < 4.78 is 43.9. The van der Waals surface area contributed by atoms with Crippen molar-refractivity contribution in [3.63, 3.8) is 0 Å². The maximum Gasteiger partial charge on any atom is 0.416 e. The van der Waals surface area contributed by atoms with E-state index in [1.807, 2.05) is 0 Å². The monoisotopic (exact) mass is 356 g/mol. The van der Waals surface area contributed by atoms with Gasteiger partial charge in [0.2, 0.25) is 0 Å². The third-order valence-corrected chi connectivity index (χ3v) is 3.86. The molecule has 0 spiro atoms. The average Bonchev–Trinajstić information content (AvgIpc) is 2.53. The number of alkyl halides is 3. The number of rotatable bonds is 2. The van der Waals surface area contributed by atoms with Crippen molar-refractivity contribution in [3.05, 3.63) is 47.0 Å². The lowest BCUT2D eigenvalue weighted by molar-refractivity contribution is -0.137. The highest BCUT2D eigenvalue weighted by Gasteiger charge is 2.34. The topological polar surface area (TPSA) is 41.6 Å². The van der Waals surface area contributed by atoms with Gasteiger partial charge in [-0.25, -0.2) is 0 Å². The van der Waals surface area contributed by atoms with Crippen LogP contribution in [0.4, 0.5) is 30.2 Å². The second-order valence-corrected chi connectivity index (χ2v) is 5.56. The molecule has 24 heavy (non-hydrogen) atoms. The summed E-state index contributed by atoms with van der Waals surface area (Å²) in [4.78, 5) is 13.7. The zero-order chi connectivity index (χ0) is 17.5. The van der Waals surface area contributed by atoms with Crippen LogP contribution in [0.3, 0.4) is 0 Å². The van der Waals surface area contributed by atoms with E-state index in [0.29, 0.717) is 22.1 Å². The van der Waals surface area contributed by atoms with Crippen molar-refractivity contribution in [3.8, 4) is 5.75 Å². The number of ether oxygens (including phenoxy) is 1. The zero-order valence-corrected chi connectivity index (χ0v) is 13.2. The highest BCUT2D eigenvalue weighted by Crippen LogP contribution is 2.43. The molecule has 3 rings (SSSR count). The molecule has 1 N–H and O–H groups in total. The molecule has 0 aromatic heterocycles. The van der Waals surface area contributed by atoms with Gasteiger partial charge in [0.1, 0.15) is 5.75 Å². The predicted octanol–water partition coefficient (Wildman–Crippen LogP) is 4.46. The Kier molecular flexibility index (Phi) is 4.04. The number of carbonyl (C=O) groups excluding carboxylic acids is 1. The fourth-order valence-electron chi connectivity index (χ4n) is 2.54. The first-order valence-electron chi connectivity index (χ1n) is 6.93. The molecule has 1 amide bonds. The second kappa shape index (κ2) is 5.90. The van der Waals surface area contributed by atoms with E-state index in [1.165, 1.54) is 24.1 Å². The SMILES string of the molecule is COc1ccc(Cl)cc1N1C(=O)CNc2cc(C(F)(F)F)ccc21. The number of amides is 1. The number of hydrogen-bond donors (Lipinski definition) is 1. The molecule has 0 bridgehead atoms. The summed E-state index contributed by atoms with van der Waals surface area (Å²) in [6, 6.07) is 7.89. The Morgan fingerprint density at radius 3 is 2.58 bits per heavy atom. The molecule has 0 fully saturated rings. The first-order chi connectivity index (χ1) is 11.3. The number of benzene rings is 2. The fourth-order valence-corrected chi connectivity index (χ4v) is 2.70. The normalized spacial score (nSPS) is 14.2. The fraction of sp³-hybridized carbons (Fsp3) is 0.188. The molecule has 1 heterocycles. The number of anilines is 3. The minimum absolute atomic E-state index is 0.135. The Hall–Kier alpha value is -2.41. The molecule has 126 valence electrons. The highest BCUT2D eigenvalue weighted by atomic mass is 35.5. The van der Waals surface area contributed by atoms with Gasteiger partial charge >= 0.3 is 6.18 Å². The molecule has 1 aliphatic heterocycles. The van der Waals surface area contributed by atoms with Gasteiger partial charge in [-0.15, -0.1) is 0 Å². The third-order valence-electron chi connectivity index (χ3n) is 3.63. The van der Waals surface area contributed by atoms with Crippen LogP contribution in [0.2, 0.25) is 5.02 Å². The number of methoxy groups -OCH3 is 1. The van der Waals surface area contributed by atoms with Crippen LogP contribution in [-0.2, 0) is 11.0 Å². The van der Waals surface area contributed by atoms with Gasteiger partial charge in [-0.2, -0.15) is 13.2 Å². The van der Waals surface area contributed by atoms with Crippen LogP contribution in [0.25, 0.3) is 0 Å². The van der Waals surface area contributed by atoms with Crippen LogP contribution in [0.5, 0.6) is 5.75 Å². The highest BCUT2D eigenvalue weighted by molar-refractivity contribution is 6.31. The van der Waals surface area contributed by atoms with Gasteiger partial charge < -0.3 is 10.1 Å². The van der Waals surface area contributed by atoms with Crippen molar-refractivity contribution in [2.24, 2.45) is 0 Å². The van der Waals surface area contributed by atoms with Crippen molar-refractivity contribution in [2.45, 2.75) is 6.18 Å². The summed E-state index contributed by atoms with van der Waals surface area (Å²) in [5.74, 6) is 0.0586. The van der Waals surface area contributed by atoms with Gasteiger partial charge in [0.25, 0.3) is 5.91 Å². The first kappa shape index (κ1) is 16.4. The average molecular weight is 357 g/mol. The summed E-state index contributed by atoms with van der Waals surface area (Å²) in [7, 11) is 1.44. The number of nitrogens with one attached hydrogen (secondary N) is 1. The molecule has 0 aliphatic carbocycles. The van der Waals surface area contributed by atoms with E-state index in [0.717, 1.165) is 12.1 Å². The Bertz CT molecular complexity index is 808. The molecule has 0 unspecified atom stereocenters. The number of carbonyl (C=O) groups is 1. The summed E-state index contributed by atoms with van der Waals surface area (Å²) in [6.07, 6.45) is -4.46. The largest absolute Gasteiger partial charge is 0.495 e. The summed E-state index contributed by atoms with van der Waals surface area (Å²) >= 11 is 5.99. The molecule has 1 aliphatic rings. The molecular weight excluding hydrogens is 345 g/mol. The summed E-state index contributed by atoms with van der Waals surface area (Å²) in [5.41, 5.74) is 0.102. The number of fused-ring (bicyclic) bond motifs is 1. The van der Waals surface area contributed by atoms with E-state index >= 15 is 0 Å². The quantitative estimate of drug-likeness (QED) is 0.864. The molecular formula is C16H12ClF3N2O2. The van der Waals surface area contributed by atoms with Crippen LogP contribution in [0, 0.1) is 0 Å². The smallest absolute Gasteiger partial charge is 0.416 e. The minimum Gasteiger partial charge on any atom is -0.495 e. The van der Waals surface area contributed by atoms with Crippen molar-refractivity contribution in [1.29, 1.82) is 0 Å². The number of halogens is 4. The molecule has 2 aromatic carbocycles. The summed E-state index contributed by atoms with van der Waals surface area (Å²) in [5, 5.41) is 3.09. The molecule has 0 saturated heterocycles. The lowest BCUT2D eigenvalue weighted by Crippen LogP contribution is -2.36. The van der Waals surface area contributed by atoms with Gasteiger partial charge in [0, 0.05) is 5.02 Å². The van der Waals surface area contributed by atoms with E-state index in [9.17, 15) is 18.0 Å². The van der Waals surface area contributed by atoms with Crippen molar-refractivity contribution < 1.29 is 22.7 Å². The van der Waals surface area contributed by atoms with Crippen molar-refractivity contribution >= 4 is 34.6 Å². The van der Waals surface area contributed by atoms with Gasteiger partial charge in [-0.3, -0.25) is 9.69 Å². The zero-order valence-electron chi connectivity index (χ0n) is 12.4. The van der Waals surface area contributed by atoms with Crippen LogP contribution in [0.15, 0.2) is 36.4 Å². The first-order valence-corrected chi connectivity index (χ1v) is 7.30. The summed E-state index contributed by atoms with van der Waals surface area (Å²) in [6.45, 7) is -0.135. The van der Waals surface area contributed by atoms with Crippen LogP contribution in [-0.4, -0.2) is 19.6 Å². The van der Waals surface area contributed by atoms with E-state index in [2.05, 4.69) is 5.32 Å². The van der Waals surface area contributed by atoms with Gasteiger partial charge in [-0.1, -0.05) is 11.6 Å². The van der Waals surface area contributed by atoms with Crippen LogP contribution < -0.4 is 15.0 Å². The number of hydrogen-bond acceptors (Lipinski definition) is 3. The molecule has 2 aromatic rings. The lowest BCUT2D eigenvalue weighted by atomic mass is 10.1.